The van der Waals surface area contributed by atoms with Gasteiger partial charge in [0.15, 0.2) is 12.2 Å². The zero-order chi connectivity index (χ0) is 19.7. The predicted molar refractivity (Wildman–Crippen MR) is 102 cm³/mol. The summed E-state index contributed by atoms with van der Waals surface area (Å²) in [5.74, 6) is 2.36. The summed E-state index contributed by atoms with van der Waals surface area (Å²) in [6.07, 6.45) is 6.59. The maximum Gasteiger partial charge on any atom is 0.256 e. The van der Waals surface area contributed by atoms with E-state index >= 15 is 0 Å². The Labute approximate surface area is 165 Å². The van der Waals surface area contributed by atoms with Gasteiger partial charge in [0.05, 0.1) is 31.5 Å². The summed E-state index contributed by atoms with van der Waals surface area (Å²) in [5.41, 5.74) is 1.29. The van der Waals surface area contributed by atoms with Crippen molar-refractivity contribution in [2.75, 3.05) is 13.2 Å². The number of hydrogen-bond acceptors (Lipinski definition) is 3. The Balaban J connectivity index is 1.43. The van der Waals surface area contributed by atoms with Crippen molar-refractivity contribution in [1.29, 1.82) is 0 Å². The highest BCUT2D eigenvalue weighted by atomic mass is 19.1. The zero-order valence-electron chi connectivity index (χ0n) is 17.2. The fraction of sp³-hybridized carbons (Fsp3) is 0.714. The van der Waals surface area contributed by atoms with E-state index in [1.54, 1.807) is 11.6 Å². The number of rotatable bonds is 4. The number of ether oxygens (including phenoxy) is 2. The molecule has 0 saturated heterocycles. The highest BCUT2D eigenvalue weighted by Crippen LogP contribution is 2.50. The van der Waals surface area contributed by atoms with Crippen molar-refractivity contribution in [1.82, 2.24) is 14.5 Å². The Hall–Kier alpha value is -2.05. The smallest absolute Gasteiger partial charge is 0.256 e. The largest absolute Gasteiger partial charge is 0.474 e. The molecule has 0 bridgehead atoms. The molecule has 4 heterocycles. The van der Waals surface area contributed by atoms with Gasteiger partial charge >= 0.3 is 0 Å². The minimum Gasteiger partial charge on any atom is -0.474 e. The van der Waals surface area contributed by atoms with E-state index in [0.29, 0.717) is 17.2 Å². The van der Waals surface area contributed by atoms with Gasteiger partial charge in [0.2, 0.25) is 12.1 Å². The Kier molecular flexibility index (Phi) is 3.84. The highest BCUT2D eigenvalue weighted by Gasteiger charge is 2.50. The van der Waals surface area contributed by atoms with Crippen LogP contribution in [0.25, 0.3) is 0 Å². The van der Waals surface area contributed by atoms with Crippen molar-refractivity contribution in [2.45, 2.75) is 77.7 Å². The molecule has 2 aromatic rings. The normalized spacial score (nSPS) is 25.8. The molecule has 2 atom stereocenters. The summed E-state index contributed by atoms with van der Waals surface area (Å²) in [4.78, 5) is 0. The van der Waals surface area contributed by atoms with Crippen LogP contribution >= 0.6 is 0 Å². The maximum atomic E-state index is 14.2. The number of hydrogen-bond donors (Lipinski definition) is 0. The van der Waals surface area contributed by atoms with E-state index in [1.165, 1.54) is 18.4 Å². The van der Waals surface area contributed by atoms with Crippen LogP contribution in [-0.2, 0) is 19.6 Å². The summed E-state index contributed by atoms with van der Waals surface area (Å²) in [6, 6.07) is 0. The zero-order valence-corrected chi connectivity index (χ0v) is 17.2. The lowest BCUT2D eigenvalue weighted by atomic mass is 10.0. The third-order valence-corrected chi connectivity index (χ3v) is 6.46. The molecule has 0 N–H and O–H groups in total. The first-order valence-corrected chi connectivity index (χ1v) is 10.4. The molecule has 2 aliphatic heterocycles. The average molecular weight is 389 g/mol. The fourth-order valence-electron chi connectivity index (χ4n) is 4.44. The summed E-state index contributed by atoms with van der Waals surface area (Å²) in [7, 11) is 0. The third-order valence-electron chi connectivity index (χ3n) is 6.46. The van der Waals surface area contributed by atoms with Crippen LogP contribution in [0.1, 0.15) is 63.5 Å². The molecular weight excluding hydrogens is 359 g/mol. The predicted octanol–water partition coefficient (Wildman–Crippen LogP) is 3.19. The van der Waals surface area contributed by atoms with Gasteiger partial charge in [0, 0.05) is 16.9 Å². The monoisotopic (exact) mass is 389 g/mol. The molecule has 7 heteroatoms. The molecular formula is C21H30FN4O2+. The molecule has 0 amide bonds. The van der Waals surface area contributed by atoms with Crippen molar-refractivity contribution in [3.63, 3.8) is 0 Å². The van der Waals surface area contributed by atoms with E-state index in [9.17, 15) is 4.39 Å². The van der Waals surface area contributed by atoms with Crippen LogP contribution in [0.3, 0.4) is 0 Å². The molecule has 6 nitrogen and oxygen atoms in total. The number of halogens is 1. The van der Waals surface area contributed by atoms with Gasteiger partial charge in [-0.2, -0.15) is 5.10 Å². The Bertz CT molecular complexity index is 910. The quantitative estimate of drug-likeness (QED) is 0.755. The standard InChI is InChI=1S/C21H30FN4O2/c1-14(2)17-9-24(26-11-21(5-6-21)13-28-19(17)26)8-15(3)16-7-23-25-10-20(4,22)12-27-18(16)25/h7,9,14-15H,5-6,8,10-13H2,1-4H3/q+1. The molecule has 2 aromatic heterocycles. The van der Waals surface area contributed by atoms with Gasteiger partial charge in [-0.25, -0.2) is 9.07 Å². The van der Waals surface area contributed by atoms with Gasteiger partial charge in [-0.05, 0) is 25.7 Å². The Morgan fingerprint density at radius 2 is 1.89 bits per heavy atom. The molecule has 28 heavy (non-hydrogen) atoms. The fourth-order valence-corrected chi connectivity index (χ4v) is 4.44. The van der Waals surface area contributed by atoms with Crippen LogP contribution in [0, 0.1) is 5.41 Å². The first kappa shape index (κ1) is 18.0. The van der Waals surface area contributed by atoms with Crippen molar-refractivity contribution < 1.29 is 18.5 Å². The van der Waals surface area contributed by atoms with Crippen LogP contribution in [0.4, 0.5) is 4.39 Å². The van der Waals surface area contributed by atoms with Gasteiger partial charge in [-0.3, -0.25) is 0 Å². The molecule has 5 rings (SSSR count). The van der Waals surface area contributed by atoms with Crippen LogP contribution in [-0.4, -0.2) is 33.3 Å². The number of alkyl halides is 1. The lowest BCUT2D eigenvalue weighted by Crippen LogP contribution is -2.48. The van der Waals surface area contributed by atoms with Gasteiger partial charge < -0.3 is 9.47 Å². The van der Waals surface area contributed by atoms with Gasteiger partial charge in [0.25, 0.3) is 5.88 Å². The molecule has 0 radical (unpaired) electrons. The molecule has 1 saturated carbocycles. The number of nitrogens with zero attached hydrogens (tertiary/aromatic N) is 4. The lowest BCUT2D eigenvalue weighted by molar-refractivity contribution is -0.779. The van der Waals surface area contributed by atoms with Crippen molar-refractivity contribution in [3.8, 4) is 11.8 Å². The van der Waals surface area contributed by atoms with E-state index in [2.05, 4.69) is 41.4 Å². The maximum absolute atomic E-state index is 14.2. The molecule has 3 aliphatic rings. The summed E-state index contributed by atoms with van der Waals surface area (Å²) in [6.45, 7) is 11.2. The minimum absolute atomic E-state index is 0.0833. The Morgan fingerprint density at radius 1 is 1.14 bits per heavy atom. The number of fused-ring (bicyclic) bond motifs is 2. The first-order valence-electron chi connectivity index (χ1n) is 10.4. The van der Waals surface area contributed by atoms with E-state index in [-0.39, 0.29) is 19.1 Å². The van der Waals surface area contributed by atoms with Crippen LogP contribution < -0.4 is 14.2 Å². The van der Waals surface area contributed by atoms with E-state index in [1.807, 2.05) is 6.20 Å². The number of aromatic nitrogens is 4. The summed E-state index contributed by atoms with van der Waals surface area (Å²) < 4.78 is 32.5. The lowest BCUT2D eigenvalue weighted by Gasteiger charge is -2.27. The molecule has 1 fully saturated rings. The summed E-state index contributed by atoms with van der Waals surface area (Å²) >= 11 is 0. The highest BCUT2D eigenvalue weighted by molar-refractivity contribution is 5.30. The SMILES string of the molecule is CC(C)c1c[n+](CC(C)c2cnn3c2OCC(C)(F)C3)n2c1OCC1(CC1)C2. The van der Waals surface area contributed by atoms with E-state index in [4.69, 9.17) is 9.47 Å². The second-order valence-electron chi connectivity index (χ2n) is 9.68. The van der Waals surface area contributed by atoms with Gasteiger partial charge in [0.1, 0.15) is 6.61 Å². The van der Waals surface area contributed by atoms with E-state index < -0.39 is 5.67 Å². The van der Waals surface area contributed by atoms with Crippen LogP contribution in [0.15, 0.2) is 12.4 Å². The van der Waals surface area contributed by atoms with Crippen LogP contribution in [0.2, 0.25) is 0 Å². The van der Waals surface area contributed by atoms with Crippen molar-refractivity contribution in [3.05, 3.63) is 23.5 Å². The van der Waals surface area contributed by atoms with Crippen molar-refractivity contribution in [2.24, 2.45) is 5.41 Å². The molecule has 2 unspecified atom stereocenters. The Morgan fingerprint density at radius 3 is 2.61 bits per heavy atom. The minimum atomic E-state index is -1.36. The van der Waals surface area contributed by atoms with Crippen LogP contribution in [0.5, 0.6) is 11.8 Å². The third kappa shape index (κ3) is 2.90. The first-order chi connectivity index (χ1) is 13.3. The van der Waals surface area contributed by atoms with E-state index in [0.717, 1.165) is 31.1 Å². The molecule has 1 aliphatic carbocycles. The second-order valence-corrected chi connectivity index (χ2v) is 9.68. The molecule has 1 spiro atoms. The topological polar surface area (TPSA) is 45.1 Å². The average Bonchev–Trinajstić information content (AvgIpc) is 3.09. The molecule has 152 valence electrons. The second kappa shape index (κ2) is 5.97. The van der Waals surface area contributed by atoms with Gasteiger partial charge in [-0.1, -0.05) is 20.8 Å². The van der Waals surface area contributed by atoms with Crippen molar-refractivity contribution >= 4 is 0 Å². The van der Waals surface area contributed by atoms with Gasteiger partial charge in [-0.15, -0.1) is 9.36 Å². The molecule has 0 aromatic carbocycles. The summed E-state index contributed by atoms with van der Waals surface area (Å²) in [5, 5.41) is 4.38.